The van der Waals surface area contributed by atoms with Gasteiger partial charge < -0.3 is 9.73 Å². The van der Waals surface area contributed by atoms with Crippen molar-refractivity contribution in [1.29, 1.82) is 0 Å². The third-order valence-corrected chi connectivity index (χ3v) is 5.47. The Morgan fingerprint density at radius 2 is 1.74 bits per heavy atom. The lowest BCUT2D eigenvalue weighted by atomic mass is 10.1. The predicted octanol–water partition coefficient (Wildman–Crippen LogP) is 4.00. The zero-order chi connectivity index (χ0) is 21.8. The summed E-state index contributed by atoms with van der Waals surface area (Å²) < 4.78 is 19.4. The minimum Gasteiger partial charge on any atom is -0.447 e. The fourth-order valence-electron chi connectivity index (χ4n) is 3.77. The number of carbonyl (C=O) groups excluding carboxylic acids is 1. The van der Waals surface area contributed by atoms with Crippen LogP contribution in [0, 0.1) is 19.7 Å². The molecule has 0 saturated carbocycles. The maximum atomic E-state index is 13.9. The van der Waals surface area contributed by atoms with Gasteiger partial charge in [-0.3, -0.25) is 14.6 Å². The van der Waals surface area contributed by atoms with Crippen LogP contribution < -0.4 is 5.32 Å². The first-order chi connectivity index (χ1) is 15.0. The second-order valence-electron chi connectivity index (χ2n) is 8.11. The Kier molecular flexibility index (Phi) is 6.44. The molecule has 1 saturated heterocycles. The highest BCUT2D eigenvalue weighted by Crippen LogP contribution is 2.17. The van der Waals surface area contributed by atoms with Crippen LogP contribution in [0.2, 0.25) is 0 Å². The van der Waals surface area contributed by atoms with Gasteiger partial charge >= 0.3 is 0 Å². The van der Waals surface area contributed by atoms with Crippen molar-refractivity contribution in [2.75, 3.05) is 31.5 Å². The molecule has 3 aromatic rings. The van der Waals surface area contributed by atoms with E-state index >= 15 is 0 Å². The summed E-state index contributed by atoms with van der Waals surface area (Å²) >= 11 is 0. The second kappa shape index (κ2) is 9.41. The molecule has 1 amide bonds. The molecule has 1 aliphatic heterocycles. The average Bonchev–Trinajstić information content (AvgIpc) is 3.21. The molecule has 0 radical (unpaired) electrons. The molecule has 1 N–H and O–H groups in total. The molecule has 0 spiro atoms. The number of hydrogen-bond donors (Lipinski definition) is 1. The molecule has 1 fully saturated rings. The predicted molar refractivity (Wildman–Crippen MR) is 117 cm³/mol. The highest BCUT2D eigenvalue weighted by molar-refractivity contribution is 6.02. The first kappa shape index (κ1) is 21.2. The van der Waals surface area contributed by atoms with Gasteiger partial charge in [0.2, 0.25) is 5.89 Å². The lowest BCUT2D eigenvalue weighted by Gasteiger charge is -2.34. The second-order valence-corrected chi connectivity index (χ2v) is 8.11. The molecule has 0 bridgehead atoms. The van der Waals surface area contributed by atoms with Crippen LogP contribution in [0.1, 0.15) is 33.1 Å². The van der Waals surface area contributed by atoms with Gasteiger partial charge in [0, 0.05) is 32.7 Å². The van der Waals surface area contributed by atoms with E-state index in [0.29, 0.717) is 12.4 Å². The molecule has 1 aromatic heterocycles. The summed E-state index contributed by atoms with van der Waals surface area (Å²) in [4.78, 5) is 21.4. The molecule has 0 aliphatic carbocycles. The van der Waals surface area contributed by atoms with E-state index in [1.165, 1.54) is 23.5 Å². The van der Waals surface area contributed by atoms with Gasteiger partial charge in [0.15, 0.2) is 5.69 Å². The Bertz CT molecular complexity index is 1060. The van der Waals surface area contributed by atoms with Crippen LogP contribution in [-0.4, -0.2) is 46.9 Å². The minimum absolute atomic E-state index is 0.138. The molecule has 6 nitrogen and oxygen atoms in total. The van der Waals surface area contributed by atoms with Crippen molar-refractivity contribution in [2.24, 2.45) is 0 Å². The van der Waals surface area contributed by atoms with Gasteiger partial charge in [0.05, 0.1) is 12.2 Å². The number of anilines is 1. The lowest BCUT2D eigenvalue weighted by molar-refractivity contribution is 0.102. The monoisotopic (exact) mass is 422 g/mol. The van der Waals surface area contributed by atoms with Crippen LogP contribution in [0.5, 0.6) is 0 Å². The molecule has 2 aromatic carbocycles. The van der Waals surface area contributed by atoms with Gasteiger partial charge in [-0.1, -0.05) is 35.9 Å². The molecule has 4 rings (SSSR count). The molecular weight excluding hydrogens is 395 g/mol. The van der Waals surface area contributed by atoms with Crippen LogP contribution in [0.15, 0.2) is 53.1 Å². The van der Waals surface area contributed by atoms with Gasteiger partial charge in [-0.15, -0.1) is 0 Å². The maximum Gasteiger partial charge on any atom is 0.277 e. The first-order valence-electron chi connectivity index (χ1n) is 10.5. The van der Waals surface area contributed by atoms with E-state index in [9.17, 15) is 9.18 Å². The van der Waals surface area contributed by atoms with E-state index in [1.54, 1.807) is 12.1 Å². The largest absolute Gasteiger partial charge is 0.447 e. The van der Waals surface area contributed by atoms with Crippen molar-refractivity contribution in [1.82, 2.24) is 14.8 Å². The Hall–Kier alpha value is -3.03. The van der Waals surface area contributed by atoms with Crippen LogP contribution in [0.4, 0.5) is 10.1 Å². The number of benzene rings is 2. The highest BCUT2D eigenvalue weighted by Gasteiger charge is 2.20. The Labute approximate surface area is 181 Å². The zero-order valence-electron chi connectivity index (χ0n) is 17.9. The number of hydrogen-bond acceptors (Lipinski definition) is 5. The number of halogens is 1. The third-order valence-electron chi connectivity index (χ3n) is 5.47. The summed E-state index contributed by atoms with van der Waals surface area (Å²) in [6.07, 6.45) is 1.33. The van der Waals surface area contributed by atoms with Crippen LogP contribution in [0.25, 0.3) is 0 Å². The van der Waals surface area contributed by atoms with Crippen molar-refractivity contribution in [2.45, 2.75) is 26.9 Å². The van der Waals surface area contributed by atoms with Gasteiger partial charge in [-0.05, 0) is 37.1 Å². The number of piperazine rings is 1. The number of nitrogens with zero attached hydrogens (tertiary/aromatic N) is 3. The van der Waals surface area contributed by atoms with E-state index in [2.05, 4.69) is 51.3 Å². The fourth-order valence-corrected chi connectivity index (χ4v) is 3.77. The Morgan fingerprint density at radius 1 is 1.03 bits per heavy atom. The topological polar surface area (TPSA) is 61.6 Å². The van der Waals surface area contributed by atoms with E-state index in [-0.39, 0.29) is 11.4 Å². The number of carbonyl (C=O) groups is 1. The van der Waals surface area contributed by atoms with E-state index in [1.807, 2.05) is 6.92 Å². The van der Waals surface area contributed by atoms with Gasteiger partial charge in [-0.25, -0.2) is 9.37 Å². The molecule has 7 heteroatoms. The number of amides is 1. The normalized spacial score (nSPS) is 15.2. The summed E-state index contributed by atoms with van der Waals surface area (Å²) in [6.45, 7) is 9.20. The fraction of sp³-hybridized carbons (Fsp3) is 0.333. The SMILES string of the molecule is Cc1cccc(CN2CCN(Cc3nc(C(=O)Nc4cc(C)ccc4F)co3)CC2)c1. The van der Waals surface area contributed by atoms with Crippen LogP contribution in [-0.2, 0) is 13.1 Å². The average molecular weight is 423 g/mol. The van der Waals surface area contributed by atoms with Crippen molar-refractivity contribution in [3.05, 3.63) is 82.8 Å². The van der Waals surface area contributed by atoms with E-state index in [4.69, 9.17) is 4.42 Å². The summed E-state index contributed by atoms with van der Waals surface area (Å²) in [5.41, 5.74) is 3.76. The molecule has 162 valence electrons. The molecule has 31 heavy (non-hydrogen) atoms. The Balaban J connectivity index is 1.28. The molecule has 0 atom stereocenters. The number of nitrogens with one attached hydrogen (secondary N) is 1. The number of rotatable bonds is 6. The standard InChI is InChI=1S/C24H27FN4O2/c1-17-4-3-5-19(12-17)14-28-8-10-29(11-9-28)15-23-26-22(16-31-23)24(30)27-21-13-18(2)6-7-20(21)25/h3-7,12-13,16H,8-11,14-15H2,1-2H3,(H,27,30). The molecule has 0 unspecified atom stereocenters. The Morgan fingerprint density at radius 3 is 2.48 bits per heavy atom. The number of aromatic nitrogens is 1. The summed E-state index contributed by atoms with van der Waals surface area (Å²) in [5.74, 6) is -0.476. The van der Waals surface area contributed by atoms with Crippen molar-refractivity contribution >= 4 is 11.6 Å². The van der Waals surface area contributed by atoms with Crippen LogP contribution >= 0.6 is 0 Å². The molecule has 1 aliphatic rings. The molecule has 2 heterocycles. The zero-order valence-corrected chi connectivity index (χ0v) is 17.9. The van der Waals surface area contributed by atoms with Gasteiger partial charge in [0.25, 0.3) is 5.91 Å². The number of aryl methyl sites for hydroxylation is 2. The van der Waals surface area contributed by atoms with Crippen molar-refractivity contribution in [3.8, 4) is 0 Å². The maximum absolute atomic E-state index is 13.9. The summed E-state index contributed by atoms with van der Waals surface area (Å²) in [5, 5.41) is 2.56. The lowest BCUT2D eigenvalue weighted by Crippen LogP contribution is -2.45. The quantitative estimate of drug-likeness (QED) is 0.651. The van der Waals surface area contributed by atoms with Crippen molar-refractivity contribution in [3.63, 3.8) is 0 Å². The van der Waals surface area contributed by atoms with E-state index in [0.717, 1.165) is 38.3 Å². The van der Waals surface area contributed by atoms with Crippen molar-refractivity contribution < 1.29 is 13.6 Å². The first-order valence-corrected chi connectivity index (χ1v) is 10.5. The highest BCUT2D eigenvalue weighted by atomic mass is 19.1. The smallest absolute Gasteiger partial charge is 0.277 e. The minimum atomic E-state index is -0.484. The summed E-state index contributed by atoms with van der Waals surface area (Å²) in [7, 11) is 0. The number of oxazole rings is 1. The van der Waals surface area contributed by atoms with Gasteiger partial charge in [-0.2, -0.15) is 0 Å². The summed E-state index contributed by atoms with van der Waals surface area (Å²) in [6, 6.07) is 13.2. The van der Waals surface area contributed by atoms with Crippen LogP contribution in [0.3, 0.4) is 0 Å². The van der Waals surface area contributed by atoms with E-state index < -0.39 is 11.7 Å². The third kappa shape index (κ3) is 5.57. The van der Waals surface area contributed by atoms with Gasteiger partial charge in [0.1, 0.15) is 12.1 Å². The molecular formula is C24H27FN4O2.